The number of likely N-dealkylation sites (tertiary alicyclic amines) is 1. The van der Waals surface area contributed by atoms with Crippen LogP contribution < -0.4 is 60.2 Å². The second-order valence-electron chi connectivity index (χ2n) is 18.6. The van der Waals surface area contributed by atoms with E-state index in [2.05, 4.69) is 42.2 Å². The summed E-state index contributed by atoms with van der Waals surface area (Å²) in [6.07, 6.45) is 4.55. The summed E-state index contributed by atoms with van der Waals surface area (Å²) in [5, 5.41) is 18.8. The van der Waals surface area contributed by atoms with E-state index in [1.165, 1.54) is 26.5 Å². The molecule has 10 amide bonds. The van der Waals surface area contributed by atoms with E-state index in [0.29, 0.717) is 31.2 Å². The van der Waals surface area contributed by atoms with Crippen molar-refractivity contribution >= 4 is 86.6 Å². The molecule has 0 radical (unpaired) electrons. The van der Waals surface area contributed by atoms with Crippen molar-refractivity contribution in [2.45, 2.75) is 158 Å². The molecule has 2 aliphatic heterocycles. The molecule has 1 aromatic rings. The summed E-state index contributed by atoms with van der Waals surface area (Å²) in [6, 6.07) is 0.133. The van der Waals surface area contributed by atoms with Gasteiger partial charge in [-0.2, -0.15) is 0 Å². The summed E-state index contributed by atoms with van der Waals surface area (Å²) < 4.78 is -0.656. The third-order valence-electron chi connectivity index (χ3n) is 13.0. The Balaban J connectivity index is 1.71. The normalized spacial score (nSPS) is 24.4. The van der Waals surface area contributed by atoms with Gasteiger partial charge in [-0.15, -0.1) is 0 Å². The second-order valence-corrected chi connectivity index (χ2v) is 21.4. The fourth-order valence-electron chi connectivity index (χ4n) is 8.85. The molecule has 4 rings (SSSR count). The Kier molecular flexibility index (Phi) is 23.4. The van der Waals surface area contributed by atoms with Crippen molar-refractivity contribution in [2.75, 3.05) is 25.4 Å². The van der Waals surface area contributed by atoms with Gasteiger partial charge in [-0.25, -0.2) is 0 Å². The van der Waals surface area contributed by atoms with Crippen LogP contribution in [0.3, 0.4) is 0 Å². The molecule has 2 heterocycles. The molecule has 0 unspecified atom stereocenters. The minimum atomic E-state index is -1.62. The number of nitrogens with two attached hydrogens (primary N) is 4. The Hall–Kier alpha value is -6.11. The average Bonchev–Trinajstić information content (AvgIpc) is 3.84. The zero-order valence-electron chi connectivity index (χ0n) is 41.3. The number of benzene rings is 1. The van der Waals surface area contributed by atoms with Crippen LogP contribution in [0.5, 0.6) is 0 Å². The van der Waals surface area contributed by atoms with Crippen LogP contribution in [-0.4, -0.2) is 142 Å². The molecule has 0 bridgehead atoms. The number of hydrogen-bond donors (Lipinski definition) is 11. The van der Waals surface area contributed by atoms with Crippen LogP contribution >= 0.6 is 21.6 Å². The predicted octanol–water partition coefficient (Wildman–Crippen LogP) is -1.40. The fraction of sp³-hybridized carbons (Fsp3) is 0.638. The van der Waals surface area contributed by atoms with Gasteiger partial charge in [-0.3, -0.25) is 52.9 Å². The number of carbonyl (C=O) groups is 10. The number of nitrogens with zero attached hydrogens (tertiary/aromatic N) is 2. The summed E-state index contributed by atoms with van der Waals surface area (Å²) in [7, 11) is 2.62. The van der Waals surface area contributed by atoms with E-state index in [1.54, 1.807) is 37.3 Å². The topological polar surface area (TPSA) is 375 Å². The molecule has 0 aromatic heterocycles. The van der Waals surface area contributed by atoms with Gasteiger partial charge in [0.25, 0.3) is 0 Å². The first-order chi connectivity index (χ1) is 34.3. The maximum absolute atomic E-state index is 14.8. The lowest BCUT2D eigenvalue weighted by Crippen LogP contribution is -2.61. The van der Waals surface area contributed by atoms with Crippen molar-refractivity contribution in [2.24, 2.45) is 33.8 Å². The third-order valence-corrected chi connectivity index (χ3v) is 16.3. The molecule has 25 heteroatoms. The minimum Gasteiger partial charge on any atom is -0.370 e. The standard InChI is InChI=1S/C47H73N13O10S2/c1-4-27(3)38-44(69)57-31(22-28-14-8-6-9-15-28)41(66)54-29(5-2)40(65)56-32(23-35(48)61)42(67)58-33(26-71-72-47(24-37(63)59-38)18-10-7-11-19-47)45(70)60-21-13-17-34(60)43(68)55-30(16-12-20-52-46(50)51)39(64)53-25-36(49)62/h6,8-9,14-15,27,29-34,38H,4-5,7,10-13,16-26H2,1-3H3,(H2,48,61)(H2,49,62)(H,53,64)(H,54,66)(H,55,68)(H,56,65)(H,57,69)(H,58,67)(H,59,63)(H4,50,51,52)/t27-,29-,30-,31+,32-,33-,34+,38-/m0/s1. The number of nitrogens with one attached hydrogen (secondary N) is 7. The first kappa shape index (κ1) is 58.5. The Morgan fingerprint density at radius 2 is 1.47 bits per heavy atom. The van der Waals surface area contributed by atoms with Crippen molar-refractivity contribution in [1.29, 1.82) is 0 Å². The maximum atomic E-state index is 14.8. The van der Waals surface area contributed by atoms with Gasteiger partial charge in [-0.1, -0.05) is 98.4 Å². The molecule has 3 aliphatic rings. The largest absolute Gasteiger partial charge is 0.370 e. The molecule has 1 spiro atoms. The van der Waals surface area contributed by atoms with E-state index in [-0.39, 0.29) is 75.2 Å². The van der Waals surface area contributed by atoms with Crippen LogP contribution in [0.4, 0.5) is 0 Å². The number of hydrogen-bond acceptors (Lipinski definition) is 13. The van der Waals surface area contributed by atoms with Gasteiger partial charge in [0, 0.05) is 36.4 Å². The summed E-state index contributed by atoms with van der Waals surface area (Å²) in [5.74, 6) is -7.95. The summed E-state index contributed by atoms with van der Waals surface area (Å²) in [6.45, 7) is 5.05. The van der Waals surface area contributed by atoms with Crippen LogP contribution in [0.1, 0.15) is 110 Å². The number of amides is 10. The Morgan fingerprint density at radius 3 is 2.11 bits per heavy atom. The first-order valence-electron chi connectivity index (χ1n) is 24.6. The van der Waals surface area contributed by atoms with Gasteiger partial charge in [-0.05, 0) is 56.4 Å². The highest BCUT2D eigenvalue weighted by molar-refractivity contribution is 8.77. The molecule has 72 heavy (non-hydrogen) atoms. The van der Waals surface area contributed by atoms with Crippen LogP contribution in [0.2, 0.25) is 0 Å². The van der Waals surface area contributed by atoms with Gasteiger partial charge in [0.1, 0.15) is 42.3 Å². The van der Waals surface area contributed by atoms with E-state index in [4.69, 9.17) is 22.9 Å². The highest BCUT2D eigenvalue weighted by atomic mass is 33.1. The van der Waals surface area contributed by atoms with E-state index in [1.807, 2.05) is 13.8 Å². The van der Waals surface area contributed by atoms with Gasteiger partial charge in [0.15, 0.2) is 5.96 Å². The Morgan fingerprint density at radius 1 is 0.819 bits per heavy atom. The van der Waals surface area contributed by atoms with Crippen molar-refractivity contribution in [3.05, 3.63) is 35.9 Å². The zero-order chi connectivity index (χ0) is 53.0. The highest BCUT2D eigenvalue weighted by Gasteiger charge is 2.42. The summed E-state index contributed by atoms with van der Waals surface area (Å²) in [4.78, 5) is 142. The second kappa shape index (κ2) is 28.8. The number of aliphatic imine (C=N–C) groups is 1. The minimum absolute atomic E-state index is 0.0130. The molecule has 1 aromatic carbocycles. The molecule has 1 aliphatic carbocycles. The Bertz CT molecular complexity index is 2130. The van der Waals surface area contributed by atoms with Crippen LogP contribution in [0.25, 0.3) is 0 Å². The quantitative estimate of drug-likeness (QED) is 0.0370. The fourth-order valence-corrected chi connectivity index (χ4v) is 12.2. The predicted molar refractivity (Wildman–Crippen MR) is 273 cm³/mol. The average molecular weight is 1040 g/mol. The lowest BCUT2D eigenvalue weighted by atomic mass is 9.85. The Labute approximate surface area is 428 Å². The van der Waals surface area contributed by atoms with E-state index in [9.17, 15) is 47.9 Å². The van der Waals surface area contributed by atoms with E-state index < -0.39 is 113 Å². The molecule has 398 valence electrons. The number of primary amides is 2. The molecular weight excluding hydrogens is 971 g/mol. The molecular formula is C47H73N13O10S2. The van der Waals surface area contributed by atoms with Gasteiger partial charge < -0.3 is 65.1 Å². The lowest BCUT2D eigenvalue weighted by molar-refractivity contribution is -0.142. The van der Waals surface area contributed by atoms with Crippen LogP contribution in [-0.2, 0) is 54.4 Å². The summed E-state index contributed by atoms with van der Waals surface area (Å²) in [5.41, 5.74) is 22.4. The molecule has 3 fully saturated rings. The van der Waals surface area contributed by atoms with Crippen molar-refractivity contribution in [3.8, 4) is 0 Å². The van der Waals surface area contributed by atoms with Crippen LogP contribution in [0.15, 0.2) is 35.3 Å². The number of guanidine groups is 1. The molecule has 1 saturated carbocycles. The molecule has 15 N–H and O–H groups in total. The molecule has 23 nitrogen and oxygen atoms in total. The molecule has 2 saturated heterocycles. The van der Waals surface area contributed by atoms with Crippen molar-refractivity contribution in [1.82, 2.24) is 42.1 Å². The lowest BCUT2D eigenvalue weighted by Gasteiger charge is -2.37. The van der Waals surface area contributed by atoms with Gasteiger partial charge in [0.05, 0.1) is 13.0 Å². The molecule has 8 atom stereocenters. The van der Waals surface area contributed by atoms with Gasteiger partial charge in [0.2, 0.25) is 59.1 Å². The number of carbonyl (C=O) groups excluding carboxylic acids is 10. The number of rotatable bonds is 17. The van der Waals surface area contributed by atoms with Gasteiger partial charge >= 0.3 is 0 Å². The maximum Gasteiger partial charge on any atom is 0.246 e. The van der Waals surface area contributed by atoms with E-state index in [0.717, 1.165) is 19.3 Å². The smallest absolute Gasteiger partial charge is 0.246 e. The van der Waals surface area contributed by atoms with Crippen molar-refractivity contribution < 1.29 is 47.9 Å². The zero-order valence-corrected chi connectivity index (χ0v) is 43.0. The van der Waals surface area contributed by atoms with E-state index >= 15 is 0 Å². The monoisotopic (exact) mass is 1040 g/mol. The summed E-state index contributed by atoms with van der Waals surface area (Å²) >= 11 is 0. The SMILES string of the molecule is CC[C@@H]1NC(=O)[C@@H](Cc2ccccc2)NC(=O)[C@H]([C@@H](C)CC)NC(=O)CC2(CCCCC2)SSC[C@@H](C(=O)N2CCC[C@@H]2C(=O)N[C@@H](CCCN=C(N)N)C(=O)NCC(N)=O)NC(=O)[C@H](CC(N)=O)NC1=O. The van der Waals surface area contributed by atoms with Crippen LogP contribution in [0, 0.1) is 5.92 Å². The third kappa shape index (κ3) is 18.2. The first-order valence-corrected chi connectivity index (χ1v) is 26.9. The highest BCUT2D eigenvalue weighted by Crippen LogP contribution is 2.48. The van der Waals surface area contributed by atoms with Crippen molar-refractivity contribution in [3.63, 3.8) is 0 Å².